The fourth-order valence-corrected chi connectivity index (χ4v) is 2.15. The van der Waals surface area contributed by atoms with Crippen LogP contribution in [-0.4, -0.2) is 15.7 Å². The van der Waals surface area contributed by atoms with Gasteiger partial charge in [0.15, 0.2) is 0 Å². The minimum absolute atomic E-state index is 0.137. The maximum Gasteiger partial charge on any atom is 0.251 e. The largest absolute Gasteiger partial charge is 0.348 e. The second kappa shape index (κ2) is 5.92. The van der Waals surface area contributed by atoms with Crippen LogP contribution < -0.4 is 5.32 Å². The second-order valence-electron chi connectivity index (χ2n) is 4.19. The molecule has 1 N–H and O–H groups in total. The summed E-state index contributed by atoms with van der Waals surface area (Å²) in [5.74, 6) is -0.137. The molecule has 6 heteroatoms. The van der Waals surface area contributed by atoms with Gasteiger partial charge in [0.2, 0.25) is 0 Å². The Hall–Kier alpha value is -1.08. The summed E-state index contributed by atoms with van der Waals surface area (Å²) in [5, 5.41) is 7.59. The van der Waals surface area contributed by atoms with Crippen LogP contribution in [0.2, 0.25) is 5.02 Å². The molecular formula is C13H13ClIN3O. The summed E-state index contributed by atoms with van der Waals surface area (Å²) < 4.78 is 2.71. The molecule has 0 spiro atoms. The van der Waals surface area contributed by atoms with Gasteiger partial charge in [0.1, 0.15) is 0 Å². The van der Waals surface area contributed by atoms with E-state index < -0.39 is 0 Å². The Bertz CT molecular complexity index is 624. The molecule has 100 valence electrons. The first-order chi connectivity index (χ1) is 8.99. The van der Waals surface area contributed by atoms with E-state index in [9.17, 15) is 4.79 Å². The number of hydrogen-bond acceptors (Lipinski definition) is 2. The van der Waals surface area contributed by atoms with Gasteiger partial charge in [0.25, 0.3) is 5.91 Å². The van der Waals surface area contributed by atoms with Gasteiger partial charge in [-0.2, -0.15) is 5.10 Å². The maximum atomic E-state index is 12.0. The Balaban J connectivity index is 2.05. The maximum absolute atomic E-state index is 12.0. The fraction of sp³-hybridized carbons (Fsp3) is 0.231. The molecule has 0 saturated carbocycles. The topological polar surface area (TPSA) is 46.9 Å². The van der Waals surface area contributed by atoms with Crippen molar-refractivity contribution in [1.29, 1.82) is 0 Å². The monoisotopic (exact) mass is 389 g/mol. The number of halogens is 2. The van der Waals surface area contributed by atoms with E-state index in [4.69, 9.17) is 11.6 Å². The van der Waals surface area contributed by atoms with Crippen LogP contribution in [0.5, 0.6) is 0 Å². The number of rotatable bonds is 3. The highest BCUT2D eigenvalue weighted by molar-refractivity contribution is 14.1. The van der Waals surface area contributed by atoms with Gasteiger partial charge in [-0.15, -0.1) is 0 Å². The quantitative estimate of drug-likeness (QED) is 0.821. The minimum Gasteiger partial charge on any atom is -0.348 e. The van der Waals surface area contributed by atoms with Gasteiger partial charge in [-0.3, -0.25) is 9.48 Å². The molecule has 0 bridgehead atoms. The minimum atomic E-state index is -0.137. The van der Waals surface area contributed by atoms with Gasteiger partial charge in [0.05, 0.1) is 11.2 Å². The van der Waals surface area contributed by atoms with Crippen molar-refractivity contribution in [2.75, 3.05) is 0 Å². The van der Waals surface area contributed by atoms with E-state index in [0.29, 0.717) is 17.1 Å². The standard InChI is InChI=1S/C13H13ClIN3O/c1-8-10(7-17-18(8)2)6-16-13(19)9-3-4-12(15)11(14)5-9/h3-5,7H,6H2,1-2H3,(H,16,19). The average molecular weight is 390 g/mol. The number of nitrogens with zero attached hydrogens (tertiary/aromatic N) is 2. The van der Waals surface area contributed by atoms with E-state index in [1.165, 1.54) is 0 Å². The Labute approximate surface area is 130 Å². The van der Waals surface area contributed by atoms with Crippen molar-refractivity contribution in [3.63, 3.8) is 0 Å². The lowest BCUT2D eigenvalue weighted by molar-refractivity contribution is 0.0951. The first-order valence-corrected chi connectivity index (χ1v) is 7.15. The van der Waals surface area contributed by atoms with Crippen molar-refractivity contribution in [1.82, 2.24) is 15.1 Å². The summed E-state index contributed by atoms with van der Waals surface area (Å²) in [6.07, 6.45) is 1.76. The number of hydrogen-bond donors (Lipinski definition) is 1. The molecule has 0 radical (unpaired) electrons. The van der Waals surface area contributed by atoms with E-state index in [1.54, 1.807) is 23.0 Å². The van der Waals surface area contributed by atoms with Gasteiger partial charge in [-0.05, 0) is 47.7 Å². The molecule has 1 aromatic heterocycles. The Kier molecular flexibility index (Phi) is 4.46. The van der Waals surface area contributed by atoms with Crippen LogP contribution in [0.4, 0.5) is 0 Å². The molecule has 0 atom stereocenters. The zero-order chi connectivity index (χ0) is 14.0. The third-order valence-electron chi connectivity index (χ3n) is 2.96. The predicted molar refractivity (Wildman–Crippen MR) is 83.3 cm³/mol. The molecule has 0 aliphatic carbocycles. The number of aromatic nitrogens is 2. The molecule has 1 heterocycles. The lowest BCUT2D eigenvalue weighted by atomic mass is 10.2. The highest BCUT2D eigenvalue weighted by atomic mass is 127. The molecule has 0 aliphatic rings. The van der Waals surface area contributed by atoms with Crippen molar-refractivity contribution in [3.05, 3.63) is 49.8 Å². The van der Waals surface area contributed by atoms with Crippen LogP contribution in [0, 0.1) is 10.5 Å². The fourth-order valence-electron chi connectivity index (χ4n) is 1.63. The zero-order valence-corrected chi connectivity index (χ0v) is 13.5. The van der Waals surface area contributed by atoms with Crippen molar-refractivity contribution >= 4 is 40.1 Å². The molecule has 0 saturated heterocycles. The number of carbonyl (C=O) groups is 1. The van der Waals surface area contributed by atoms with Gasteiger partial charge in [-0.25, -0.2) is 0 Å². The second-order valence-corrected chi connectivity index (χ2v) is 5.76. The third-order valence-corrected chi connectivity index (χ3v) is 4.53. The molecule has 0 fully saturated rings. The molecule has 1 aromatic carbocycles. The van der Waals surface area contributed by atoms with Crippen LogP contribution in [0.25, 0.3) is 0 Å². The van der Waals surface area contributed by atoms with E-state index in [2.05, 4.69) is 33.0 Å². The van der Waals surface area contributed by atoms with Gasteiger partial charge in [0, 0.05) is 34.0 Å². The molecule has 19 heavy (non-hydrogen) atoms. The smallest absolute Gasteiger partial charge is 0.251 e. The van der Waals surface area contributed by atoms with Crippen LogP contribution in [0.15, 0.2) is 24.4 Å². The summed E-state index contributed by atoms with van der Waals surface area (Å²) in [5.41, 5.74) is 2.61. The number of carbonyl (C=O) groups excluding carboxylic acids is 1. The molecule has 2 rings (SSSR count). The summed E-state index contributed by atoms with van der Waals surface area (Å²) >= 11 is 8.13. The Morgan fingerprint density at radius 3 is 2.84 bits per heavy atom. The third kappa shape index (κ3) is 3.27. The Morgan fingerprint density at radius 1 is 1.53 bits per heavy atom. The van der Waals surface area contributed by atoms with Crippen LogP contribution in [0.3, 0.4) is 0 Å². The van der Waals surface area contributed by atoms with E-state index >= 15 is 0 Å². The van der Waals surface area contributed by atoms with E-state index in [0.717, 1.165) is 14.8 Å². The lowest BCUT2D eigenvalue weighted by Crippen LogP contribution is -2.23. The lowest BCUT2D eigenvalue weighted by Gasteiger charge is -2.06. The van der Waals surface area contributed by atoms with Gasteiger partial charge in [-0.1, -0.05) is 11.6 Å². The highest BCUT2D eigenvalue weighted by Crippen LogP contribution is 2.19. The van der Waals surface area contributed by atoms with Gasteiger partial charge < -0.3 is 5.32 Å². The molecular weight excluding hydrogens is 377 g/mol. The zero-order valence-electron chi connectivity index (χ0n) is 10.6. The van der Waals surface area contributed by atoms with E-state index in [-0.39, 0.29) is 5.91 Å². The van der Waals surface area contributed by atoms with Crippen LogP contribution in [-0.2, 0) is 13.6 Å². The molecule has 4 nitrogen and oxygen atoms in total. The van der Waals surface area contributed by atoms with Crippen molar-refractivity contribution in [2.24, 2.45) is 7.05 Å². The summed E-state index contributed by atoms with van der Waals surface area (Å²) in [7, 11) is 1.87. The van der Waals surface area contributed by atoms with Crippen molar-refractivity contribution in [3.8, 4) is 0 Å². The number of benzene rings is 1. The van der Waals surface area contributed by atoms with Crippen molar-refractivity contribution < 1.29 is 4.79 Å². The molecule has 0 unspecified atom stereocenters. The average Bonchev–Trinajstić information content (AvgIpc) is 2.70. The first-order valence-electron chi connectivity index (χ1n) is 5.69. The van der Waals surface area contributed by atoms with Crippen LogP contribution in [0.1, 0.15) is 21.6 Å². The SMILES string of the molecule is Cc1c(CNC(=O)c2ccc(I)c(Cl)c2)cnn1C. The van der Waals surface area contributed by atoms with Crippen molar-refractivity contribution in [2.45, 2.75) is 13.5 Å². The number of amides is 1. The number of aryl methyl sites for hydroxylation is 1. The van der Waals surface area contributed by atoms with E-state index in [1.807, 2.05) is 20.0 Å². The summed E-state index contributed by atoms with van der Waals surface area (Å²) in [4.78, 5) is 12.0. The molecule has 1 amide bonds. The summed E-state index contributed by atoms with van der Waals surface area (Å²) in [6.45, 7) is 2.43. The highest BCUT2D eigenvalue weighted by Gasteiger charge is 2.09. The number of nitrogens with one attached hydrogen (secondary N) is 1. The summed E-state index contributed by atoms with van der Waals surface area (Å²) in [6, 6.07) is 5.26. The predicted octanol–water partition coefficient (Wildman–Crippen LogP) is 2.92. The Morgan fingerprint density at radius 2 is 2.26 bits per heavy atom. The van der Waals surface area contributed by atoms with Crippen LogP contribution >= 0.6 is 34.2 Å². The normalized spacial score (nSPS) is 10.5. The first kappa shape index (κ1) is 14.3. The molecule has 0 aliphatic heterocycles. The van der Waals surface area contributed by atoms with Gasteiger partial charge >= 0.3 is 0 Å². The molecule has 2 aromatic rings.